The summed E-state index contributed by atoms with van der Waals surface area (Å²) in [7, 11) is 0. The molecule has 0 unspecified atom stereocenters. The van der Waals surface area contributed by atoms with Crippen LogP contribution in [0.25, 0.3) is 133 Å². The smallest absolute Gasteiger partial charge is 0.252 e. The van der Waals surface area contributed by atoms with Gasteiger partial charge in [-0.2, -0.15) is 0 Å². The summed E-state index contributed by atoms with van der Waals surface area (Å²) in [6, 6.07) is 91.9. The average Bonchev–Trinajstić information content (AvgIpc) is 4.09. The fourth-order valence-corrected chi connectivity index (χ4v) is 12.8. The van der Waals surface area contributed by atoms with Gasteiger partial charge in [0.25, 0.3) is 6.71 Å². The van der Waals surface area contributed by atoms with Crippen LogP contribution in [0.2, 0.25) is 0 Å². The summed E-state index contributed by atoms with van der Waals surface area (Å²) in [5, 5.41) is 4.93. The molecule has 16 rings (SSSR count). The molecule has 14 aromatic rings. The third-order valence-corrected chi connectivity index (χ3v) is 15.9. The molecular formula is C70H43BN4. The summed E-state index contributed by atoms with van der Waals surface area (Å²) < 4.78 is 5.21. The molecule has 0 aliphatic carbocycles. The van der Waals surface area contributed by atoms with Gasteiger partial charge in [-0.05, 0) is 138 Å². The average molecular weight is 951 g/mol. The van der Waals surface area contributed by atoms with E-state index in [1.165, 1.54) is 116 Å². The van der Waals surface area contributed by atoms with Crippen LogP contribution in [0.4, 0.5) is 0 Å². The van der Waals surface area contributed by atoms with Gasteiger partial charge in [0, 0.05) is 61.9 Å². The van der Waals surface area contributed by atoms with Gasteiger partial charge in [-0.25, -0.2) is 9.97 Å². The maximum Gasteiger partial charge on any atom is 0.252 e. The summed E-state index contributed by atoms with van der Waals surface area (Å²) in [4.78, 5) is 9.95. The van der Waals surface area contributed by atoms with Crippen LogP contribution in [0, 0.1) is 0 Å². The quantitative estimate of drug-likeness (QED) is 0.149. The second kappa shape index (κ2) is 16.3. The standard InChI is InChI=1S/C70H43BN4/c1-7-20-44(21-8-1)50-36-57-65-55(48-28-15-5-16-29-48)34-52(46-24-11-3-12-25-46)40-61(65)74-63-42-54(70-72-32-19-33-73-70)43-64-67(63)71(59(38-50)68(57)74)60-39-51(45-22-9-2-10-23-45)37-58-66-56(49-30-17-6-18-31-49)35-53(47-26-13-4-14-27-47)41-62(66)75(64)69(58)60/h1-43H. The van der Waals surface area contributed by atoms with E-state index in [2.05, 4.69) is 252 Å². The van der Waals surface area contributed by atoms with Crippen molar-refractivity contribution >= 4 is 66.7 Å². The van der Waals surface area contributed by atoms with Gasteiger partial charge in [-0.3, -0.25) is 0 Å². The lowest BCUT2D eigenvalue weighted by atomic mass is 9.34. The highest BCUT2D eigenvalue weighted by molar-refractivity contribution is 7.00. The zero-order valence-electron chi connectivity index (χ0n) is 40.7. The van der Waals surface area contributed by atoms with E-state index in [-0.39, 0.29) is 6.71 Å². The number of benzene rings is 11. The van der Waals surface area contributed by atoms with E-state index in [0.717, 1.165) is 28.0 Å². The topological polar surface area (TPSA) is 35.6 Å². The van der Waals surface area contributed by atoms with Gasteiger partial charge in [0.05, 0.1) is 11.0 Å². The van der Waals surface area contributed by atoms with Crippen molar-refractivity contribution in [2.45, 2.75) is 0 Å². The van der Waals surface area contributed by atoms with Crippen molar-refractivity contribution in [2.24, 2.45) is 0 Å². The van der Waals surface area contributed by atoms with Crippen LogP contribution in [-0.4, -0.2) is 25.8 Å². The number of hydrogen-bond donors (Lipinski definition) is 0. The van der Waals surface area contributed by atoms with Crippen LogP contribution >= 0.6 is 0 Å². The SMILES string of the molecule is c1ccc(-c2cc3c4c(c2)c2c(-c5ccccc5)cc(-c5ccccc5)cc2n4-c2cc(-c4ncccn4)cc4c2B3c2cc(-c3ccccc3)cc3c5c(-c6ccccc6)cc(-c6ccccc6)cc5n-4c23)cc1. The van der Waals surface area contributed by atoms with Crippen LogP contribution in [0.15, 0.2) is 261 Å². The fourth-order valence-electron chi connectivity index (χ4n) is 12.8. The molecule has 0 saturated carbocycles. The summed E-state index contributed by atoms with van der Waals surface area (Å²) in [5.41, 5.74) is 26.1. The van der Waals surface area contributed by atoms with Crippen LogP contribution in [0.1, 0.15) is 0 Å². The van der Waals surface area contributed by atoms with Crippen LogP contribution < -0.4 is 16.4 Å². The fraction of sp³-hybridized carbons (Fsp3) is 0. The summed E-state index contributed by atoms with van der Waals surface area (Å²) in [6.07, 6.45) is 3.72. The number of nitrogens with zero attached hydrogens (tertiary/aromatic N) is 4. The maximum atomic E-state index is 4.97. The molecule has 5 heteroatoms. The Kier molecular flexibility index (Phi) is 9.10. The maximum absolute atomic E-state index is 4.97. The molecule has 2 aliphatic heterocycles. The molecule has 3 aromatic heterocycles. The van der Waals surface area contributed by atoms with Crippen LogP contribution in [-0.2, 0) is 0 Å². The van der Waals surface area contributed by atoms with Crippen molar-refractivity contribution in [3.8, 4) is 89.5 Å². The zero-order chi connectivity index (χ0) is 49.1. The van der Waals surface area contributed by atoms with Crippen molar-refractivity contribution in [3.05, 3.63) is 261 Å². The van der Waals surface area contributed by atoms with Gasteiger partial charge < -0.3 is 9.13 Å². The normalized spacial score (nSPS) is 12.2. The molecular weight excluding hydrogens is 908 g/mol. The van der Waals surface area contributed by atoms with Crippen molar-refractivity contribution in [2.75, 3.05) is 0 Å². The van der Waals surface area contributed by atoms with E-state index in [9.17, 15) is 0 Å². The number of rotatable bonds is 7. The minimum atomic E-state index is -0.144. The van der Waals surface area contributed by atoms with Crippen LogP contribution in [0.5, 0.6) is 0 Å². The molecule has 5 heterocycles. The van der Waals surface area contributed by atoms with Gasteiger partial charge >= 0.3 is 0 Å². The Hall–Kier alpha value is -9.84. The van der Waals surface area contributed by atoms with Gasteiger partial charge in [0.15, 0.2) is 5.82 Å². The summed E-state index contributed by atoms with van der Waals surface area (Å²) in [6.45, 7) is -0.144. The molecule has 0 bridgehead atoms. The second-order valence-corrected chi connectivity index (χ2v) is 20.1. The summed E-state index contributed by atoms with van der Waals surface area (Å²) in [5.74, 6) is 0.689. The van der Waals surface area contributed by atoms with Crippen LogP contribution in [0.3, 0.4) is 0 Å². The lowest BCUT2D eigenvalue weighted by molar-refractivity contribution is 1.13. The summed E-state index contributed by atoms with van der Waals surface area (Å²) >= 11 is 0. The predicted octanol–water partition coefficient (Wildman–Crippen LogP) is 15.5. The van der Waals surface area contributed by atoms with E-state index in [0.29, 0.717) is 5.82 Å². The minimum absolute atomic E-state index is 0.144. The Bertz CT molecular complexity index is 4320. The van der Waals surface area contributed by atoms with Gasteiger partial charge in [0.1, 0.15) is 0 Å². The number of hydrogen-bond acceptors (Lipinski definition) is 2. The van der Waals surface area contributed by atoms with Gasteiger partial charge in [-0.15, -0.1) is 0 Å². The lowest BCUT2D eigenvalue weighted by Gasteiger charge is -2.34. The molecule has 0 saturated heterocycles. The molecule has 346 valence electrons. The van der Waals surface area contributed by atoms with Crippen molar-refractivity contribution in [1.82, 2.24) is 19.1 Å². The Morgan fingerprint density at radius 2 is 0.640 bits per heavy atom. The highest BCUT2D eigenvalue weighted by Gasteiger charge is 2.42. The first-order chi connectivity index (χ1) is 37.2. The lowest BCUT2D eigenvalue weighted by Crippen LogP contribution is -2.59. The van der Waals surface area contributed by atoms with Crippen molar-refractivity contribution in [1.29, 1.82) is 0 Å². The highest BCUT2D eigenvalue weighted by Crippen LogP contribution is 2.48. The Balaban J connectivity index is 1.14. The van der Waals surface area contributed by atoms with E-state index in [1.807, 2.05) is 18.5 Å². The third-order valence-electron chi connectivity index (χ3n) is 15.9. The van der Waals surface area contributed by atoms with E-state index < -0.39 is 0 Å². The minimum Gasteiger partial charge on any atom is -0.310 e. The molecule has 0 N–H and O–H groups in total. The first kappa shape index (κ1) is 41.7. The van der Waals surface area contributed by atoms with E-state index >= 15 is 0 Å². The highest BCUT2D eigenvalue weighted by atomic mass is 15.0. The first-order valence-corrected chi connectivity index (χ1v) is 25.8. The molecule has 75 heavy (non-hydrogen) atoms. The molecule has 11 aromatic carbocycles. The molecule has 0 atom stereocenters. The zero-order valence-corrected chi connectivity index (χ0v) is 40.7. The molecule has 2 aliphatic rings. The molecule has 0 spiro atoms. The number of fused-ring (bicyclic) bond motifs is 10. The van der Waals surface area contributed by atoms with Crippen molar-refractivity contribution < 1.29 is 0 Å². The Labute approximate surface area is 434 Å². The molecule has 0 fully saturated rings. The molecule has 4 nitrogen and oxygen atoms in total. The molecule has 0 amide bonds. The first-order valence-electron chi connectivity index (χ1n) is 25.8. The monoisotopic (exact) mass is 950 g/mol. The van der Waals surface area contributed by atoms with E-state index in [1.54, 1.807) is 0 Å². The second-order valence-electron chi connectivity index (χ2n) is 20.1. The van der Waals surface area contributed by atoms with Crippen molar-refractivity contribution in [3.63, 3.8) is 0 Å². The Morgan fingerprint density at radius 1 is 0.293 bits per heavy atom. The third kappa shape index (κ3) is 6.31. The van der Waals surface area contributed by atoms with Gasteiger partial charge in [0.2, 0.25) is 0 Å². The Morgan fingerprint density at radius 3 is 1.01 bits per heavy atom. The largest absolute Gasteiger partial charge is 0.310 e. The number of aromatic nitrogens is 4. The van der Waals surface area contributed by atoms with E-state index in [4.69, 9.17) is 9.97 Å². The predicted molar refractivity (Wildman–Crippen MR) is 313 cm³/mol. The van der Waals surface area contributed by atoms with Gasteiger partial charge in [-0.1, -0.05) is 194 Å². The molecule has 0 radical (unpaired) electrons.